The number of ether oxygens (including phenoxy) is 1. The second kappa shape index (κ2) is 9.47. The Morgan fingerprint density at radius 3 is 2.55 bits per heavy atom. The van der Waals surface area contributed by atoms with E-state index in [1.165, 1.54) is 0 Å². The predicted octanol–water partition coefficient (Wildman–Crippen LogP) is 1.69. The molecule has 2 saturated heterocycles. The number of pyridine rings is 1. The number of morpholine rings is 1. The average molecular weight is 427 g/mol. The van der Waals surface area contributed by atoms with Crippen LogP contribution in [0.1, 0.15) is 54.2 Å². The van der Waals surface area contributed by atoms with Gasteiger partial charge in [-0.3, -0.25) is 14.3 Å². The summed E-state index contributed by atoms with van der Waals surface area (Å²) in [6.07, 6.45) is 5.73. The van der Waals surface area contributed by atoms with Gasteiger partial charge in [-0.1, -0.05) is 0 Å². The molecule has 0 radical (unpaired) electrons. The van der Waals surface area contributed by atoms with Crippen LogP contribution in [0.4, 0.5) is 5.82 Å². The van der Waals surface area contributed by atoms with Crippen molar-refractivity contribution < 1.29 is 14.3 Å². The fraction of sp³-hybridized carbons (Fsp3) is 0.545. The topological polar surface area (TPSA) is 107 Å². The molecule has 0 unspecified atom stereocenters. The lowest BCUT2D eigenvalue weighted by Gasteiger charge is -2.32. The molecule has 2 fully saturated rings. The number of aromatic nitrogens is 3. The van der Waals surface area contributed by atoms with E-state index in [2.05, 4.69) is 10.1 Å². The van der Waals surface area contributed by atoms with Crippen molar-refractivity contribution in [2.24, 2.45) is 0 Å². The minimum atomic E-state index is -0.0911. The predicted molar refractivity (Wildman–Crippen MR) is 115 cm³/mol. The molecule has 0 bridgehead atoms. The van der Waals surface area contributed by atoms with E-state index in [0.717, 1.165) is 18.5 Å². The van der Waals surface area contributed by atoms with Crippen LogP contribution >= 0.6 is 0 Å². The Kier molecular flexibility index (Phi) is 6.50. The van der Waals surface area contributed by atoms with Crippen molar-refractivity contribution in [1.29, 1.82) is 0 Å². The second-order valence-corrected chi connectivity index (χ2v) is 8.27. The van der Waals surface area contributed by atoms with Crippen molar-refractivity contribution in [3.05, 3.63) is 41.9 Å². The first kappa shape index (κ1) is 21.3. The third-order valence-corrected chi connectivity index (χ3v) is 6.19. The Bertz CT molecular complexity index is 902. The van der Waals surface area contributed by atoms with E-state index >= 15 is 0 Å². The summed E-state index contributed by atoms with van der Waals surface area (Å²) in [7, 11) is 0. The van der Waals surface area contributed by atoms with E-state index in [1.807, 2.05) is 34.8 Å². The number of hydrogen-bond donors (Lipinski definition) is 1. The van der Waals surface area contributed by atoms with Gasteiger partial charge in [-0.05, 0) is 38.0 Å². The van der Waals surface area contributed by atoms with E-state index < -0.39 is 0 Å². The standard InChI is InChI=1S/C22H30N6O3/c1-16(28-8-2-7-24-28)15-20(29)26-9-5-17(6-10-26)19-4-3-18(21(23)25-19)22(30)27-11-13-31-14-12-27/h2-4,7-8,16-17H,5-6,9-15H2,1H3,(H2,23,25)/t16-/m0/s1. The van der Waals surface area contributed by atoms with Crippen LogP contribution in [0.25, 0.3) is 0 Å². The quantitative estimate of drug-likeness (QED) is 0.780. The third-order valence-electron chi connectivity index (χ3n) is 6.19. The maximum Gasteiger partial charge on any atom is 0.257 e. The Labute approximate surface area is 182 Å². The SMILES string of the molecule is C[C@@H](CC(=O)N1CCC(c2ccc(C(=O)N3CCOCC3)c(N)n2)CC1)n1cccn1. The highest BCUT2D eigenvalue weighted by atomic mass is 16.5. The monoisotopic (exact) mass is 426 g/mol. The molecule has 0 spiro atoms. The molecule has 0 saturated carbocycles. The number of rotatable bonds is 5. The van der Waals surface area contributed by atoms with Gasteiger partial charge in [0.25, 0.3) is 5.91 Å². The smallest absolute Gasteiger partial charge is 0.257 e. The lowest BCUT2D eigenvalue weighted by molar-refractivity contribution is -0.133. The molecule has 31 heavy (non-hydrogen) atoms. The number of nitrogen functional groups attached to an aromatic ring is 1. The van der Waals surface area contributed by atoms with Crippen molar-refractivity contribution in [2.45, 2.75) is 38.1 Å². The van der Waals surface area contributed by atoms with E-state index in [9.17, 15) is 9.59 Å². The summed E-state index contributed by atoms with van der Waals surface area (Å²) in [5.41, 5.74) is 7.50. The molecular weight excluding hydrogens is 396 g/mol. The normalized spacial score (nSPS) is 18.7. The molecule has 9 nitrogen and oxygen atoms in total. The van der Waals surface area contributed by atoms with Crippen LogP contribution in [0.2, 0.25) is 0 Å². The first-order valence-electron chi connectivity index (χ1n) is 10.9. The Morgan fingerprint density at radius 2 is 1.90 bits per heavy atom. The van der Waals surface area contributed by atoms with Gasteiger partial charge in [0.05, 0.1) is 24.8 Å². The average Bonchev–Trinajstić information content (AvgIpc) is 3.34. The number of nitrogens with zero attached hydrogens (tertiary/aromatic N) is 5. The number of carbonyl (C=O) groups is 2. The van der Waals surface area contributed by atoms with Crippen molar-refractivity contribution in [3.63, 3.8) is 0 Å². The lowest BCUT2D eigenvalue weighted by Crippen LogP contribution is -2.41. The number of likely N-dealkylation sites (tertiary alicyclic amines) is 1. The van der Waals surface area contributed by atoms with Crippen LogP contribution in [0.3, 0.4) is 0 Å². The van der Waals surface area contributed by atoms with Crippen LogP contribution in [-0.4, -0.2) is 75.8 Å². The fourth-order valence-electron chi connectivity index (χ4n) is 4.28. The minimum Gasteiger partial charge on any atom is -0.383 e. The van der Waals surface area contributed by atoms with Gasteiger partial charge in [0.2, 0.25) is 5.91 Å². The van der Waals surface area contributed by atoms with Crippen molar-refractivity contribution in [3.8, 4) is 0 Å². The van der Waals surface area contributed by atoms with E-state index in [0.29, 0.717) is 51.4 Å². The zero-order valence-electron chi connectivity index (χ0n) is 17.9. The number of piperidine rings is 1. The summed E-state index contributed by atoms with van der Waals surface area (Å²) < 4.78 is 7.12. The van der Waals surface area contributed by atoms with Gasteiger partial charge in [0.1, 0.15) is 5.82 Å². The highest BCUT2D eigenvalue weighted by Crippen LogP contribution is 2.29. The van der Waals surface area contributed by atoms with Gasteiger partial charge in [-0.15, -0.1) is 0 Å². The zero-order chi connectivity index (χ0) is 21.8. The molecule has 4 rings (SSSR count). The number of amides is 2. The molecule has 166 valence electrons. The fourth-order valence-corrected chi connectivity index (χ4v) is 4.28. The molecule has 4 heterocycles. The van der Waals surface area contributed by atoms with Gasteiger partial charge >= 0.3 is 0 Å². The molecular formula is C22H30N6O3. The molecule has 2 aliphatic rings. The summed E-state index contributed by atoms with van der Waals surface area (Å²) in [4.78, 5) is 33.6. The second-order valence-electron chi connectivity index (χ2n) is 8.27. The zero-order valence-corrected chi connectivity index (χ0v) is 17.9. The molecule has 2 aromatic heterocycles. The summed E-state index contributed by atoms with van der Waals surface area (Å²) in [5.74, 6) is 0.579. The highest BCUT2D eigenvalue weighted by molar-refractivity contribution is 5.98. The Hall–Kier alpha value is -2.94. The van der Waals surface area contributed by atoms with Gasteiger partial charge < -0.3 is 20.3 Å². The highest BCUT2D eigenvalue weighted by Gasteiger charge is 2.27. The maximum absolute atomic E-state index is 12.7. The van der Waals surface area contributed by atoms with Crippen LogP contribution in [0.5, 0.6) is 0 Å². The number of nitrogens with two attached hydrogens (primary N) is 1. The molecule has 0 aliphatic carbocycles. The lowest BCUT2D eigenvalue weighted by atomic mass is 9.92. The van der Waals surface area contributed by atoms with Crippen LogP contribution in [-0.2, 0) is 9.53 Å². The summed E-state index contributed by atoms with van der Waals surface area (Å²) in [6, 6.07) is 5.61. The molecule has 2 aromatic rings. The summed E-state index contributed by atoms with van der Waals surface area (Å²) >= 11 is 0. The summed E-state index contributed by atoms with van der Waals surface area (Å²) in [5, 5.41) is 4.22. The maximum atomic E-state index is 12.7. The molecule has 2 amide bonds. The van der Waals surface area contributed by atoms with Gasteiger partial charge in [-0.25, -0.2) is 4.98 Å². The third kappa shape index (κ3) is 4.87. The van der Waals surface area contributed by atoms with Gasteiger partial charge in [-0.2, -0.15) is 5.10 Å². The van der Waals surface area contributed by atoms with Crippen LogP contribution in [0.15, 0.2) is 30.6 Å². The largest absolute Gasteiger partial charge is 0.383 e. The molecule has 9 heteroatoms. The van der Waals surface area contributed by atoms with E-state index in [-0.39, 0.29) is 29.6 Å². The number of anilines is 1. The molecule has 1 atom stereocenters. The van der Waals surface area contributed by atoms with Gasteiger partial charge in [0.15, 0.2) is 0 Å². The van der Waals surface area contributed by atoms with Crippen LogP contribution in [0, 0.1) is 0 Å². The first-order chi connectivity index (χ1) is 15.0. The van der Waals surface area contributed by atoms with Crippen molar-refractivity contribution >= 4 is 17.6 Å². The van der Waals surface area contributed by atoms with Crippen LogP contribution < -0.4 is 5.73 Å². The van der Waals surface area contributed by atoms with Crippen molar-refractivity contribution in [2.75, 3.05) is 45.1 Å². The molecule has 2 aliphatic heterocycles. The number of carbonyl (C=O) groups excluding carboxylic acids is 2. The first-order valence-corrected chi connectivity index (χ1v) is 10.9. The Balaban J connectivity index is 1.32. The van der Waals surface area contributed by atoms with E-state index in [1.54, 1.807) is 17.2 Å². The minimum absolute atomic E-state index is 0.0400. The Morgan fingerprint density at radius 1 is 1.16 bits per heavy atom. The van der Waals surface area contributed by atoms with Crippen molar-refractivity contribution in [1.82, 2.24) is 24.6 Å². The summed E-state index contributed by atoms with van der Waals surface area (Å²) in [6.45, 7) is 5.66. The van der Waals surface area contributed by atoms with E-state index in [4.69, 9.17) is 10.5 Å². The molecule has 0 aromatic carbocycles. The number of hydrogen-bond acceptors (Lipinski definition) is 6. The molecule has 2 N–H and O–H groups in total. The van der Waals surface area contributed by atoms with Gasteiger partial charge in [0, 0.05) is 56.6 Å².